The summed E-state index contributed by atoms with van der Waals surface area (Å²) in [6, 6.07) is 1.80. The molecule has 1 spiro atoms. The minimum atomic E-state index is -1.66. The highest BCUT2D eigenvalue weighted by Gasteiger charge is 2.92. The zero-order valence-electron chi connectivity index (χ0n) is 28.3. The van der Waals surface area contributed by atoms with Gasteiger partial charge in [-0.05, 0) is 43.7 Å². The van der Waals surface area contributed by atoms with Crippen LogP contribution < -0.4 is 0 Å². The molecule has 0 amide bonds. The number of hydrogen-bond acceptors (Lipinski definition) is 13. The Morgan fingerprint density at radius 2 is 1.71 bits per heavy atom. The van der Waals surface area contributed by atoms with Crippen LogP contribution in [0.25, 0.3) is 0 Å². The molecule has 3 N–H and O–H groups in total. The van der Waals surface area contributed by atoms with Crippen LogP contribution in [-0.2, 0) is 42.9 Å². The summed E-state index contributed by atoms with van der Waals surface area (Å²) in [5, 5.41) is 37.2. The summed E-state index contributed by atoms with van der Waals surface area (Å²) in [5.41, 5.74) is -6.04. The molecule has 3 heterocycles. The van der Waals surface area contributed by atoms with E-state index in [1.165, 1.54) is 13.2 Å². The molecule has 1 aromatic rings. The molecule has 4 saturated carbocycles. The number of carbonyl (C=O) groups is 4. The summed E-state index contributed by atoms with van der Waals surface area (Å²) in [6.45, 7) is 10.8. The molecule has 6 fully saturated rings. The quantitative estimate of drug-likeness (QED) is 0.226. The fourth-order valence-electron chi connectivity index (χ4n) is 11.6. The van der Waals surface area contributed by atoms with E-state index in [-0.39, 0.29) is 18.9 Å². The van der Waals surface area contributed by atoms with Gasteiger partial charge in [0, 0.05) is 41.9 Å². The van der Waals surface area contributed by atoms with Gasteiger partial charge in [-0.1, -0.05) is 27.7 Å². The van der Waals surface area contributed by atoms with E-state index in [9.17, 15) is 29.7 Å². The average molecular weight is 675 g/mol. The Morgan fingerprint density at radius 1 is 1.02 bits per heavy atom. The van der Waals surface area contributed by atoms with Crippen LogP contribution in [0, 0.1) is 39.4 Å². The maximum atomic E-state index is 15.0. The van der Waals surface area contributed by atoms with Crippen molar-refractivity contribution in [2.24, 2.45) is 39.4 Å². The molecule has 7 rings (SSSR count). The molecule has 6 aliphatic rings. The maximum absolute atomic E-state index is 15.0. The summed E-state index contributed by atoms with van der Waals surface area (Å²) in [5.74, 6) is -5.68. The Bertz CT molecular complexity index is 1530. The molecule has 4 aliphatic carbocycles. The number of ketones is 1. The van der Waals surface area contributed by atoms with E-state index in [1.807, 2.05) is 13.8 Å². The van der Waals surface area contributed by atoms with Crippen LogP contribution >= 0.6 is 0 Å². The number of Topliss-reactive ketones (excluding diaryl/α,β-unsaturated/α-hetero) is 1. The minimum absolute atomic E-state index is 0.0283. The Kier molecular flexibility index (Phi) is 7.42. The highest BCUT2D eigenvalue weighted by molar-refractivity contribution is 5.91. The Balaban J connectivity index is 1.42. The second kappa shape index (κ2) is 10.6. The first-order valence-electron chi connectivity index (χ1n) is 16.9. The smallest absolute Gasteiger partial charge is 0.310 e. The van der Waals surface area contributed by atoms with Crippen molar-refractivity contribution < 1.29 is 62.6 Å². The van der Waals surface area contributed by atoms with Crippen LogP contribution in [0.4, 0.5) is 0 Å². The summed E-state index contributed by atoms with van der Waals surface area (Å²) in [7, 11) is 0. The van der Waals surface area contributed by atoms with Crippen LogP contribution in [-0.4, -0.2) is 94.1 Å². The van der Waals surface area contributed by atoms with Crippen molar-refractivity contribution in [1.82, 2.24) is 0 Å². The summed E-state index contributed by atoms with van der Waals surface area (Å²) in [6.07, 6.45) is -5.09. The van der Waals surface area contributed by atoms with Crippen LogP contribution in [0.1, 0.15) is 79.2 Å². The van der Waals surface area contributed by atoms with Gasteiger partial charge in [0.25, 0.3) is 0 Å². The Hall–Kier alpha value is -2.84. The average Bonchev–Trinajstić information content (AvgIpc) is 3.39. The van der Waals surface area contributed by atoms with Gasteiger partial charge in [-0.2, -0.15) is 0 Å². The number of epoxide rings is 1. The van der Waals surface area contributed by atoms with Crippen LogP contribution in [0.2, 0.25) is 0 Å². The highest BCUT2D eigenvalue weighted by atomic mass is 16.7. The third kappa shape index (κ3) is 3.74. The van der Waals surface area contributed by atoms with Crippen molar-refractivity contribution in [2.75, 3.05) is 6.61 Å². The first kappa shape index (κ1) is 33.6. The fraction of sp³-hybridized carbons (Fsp3) is 0.771. The SMILES string of the molecule is CCC(C)C(=O)OC1OCC23C(O)C(OC(C)=O)C(OC(C)=O)C1(C)C2CC(O)C1(C)C3C(=O)C(O)C2(C)C(c3ccoc3)CC3OC321. The standard InChI is InChI=1S/C35H46O13/c1-8-15(2)29(42)47-30-31(5)20-12-21(38)33(7)25(34(20,14-44-30)27(41)24(45-16(3)36)28(31)46-17(4)37)23(39)26(40)32(6)19(18-9-10-43-13-18)11-22-35(32,33)48-22/h9-10,13,15,19-22,24-28,30,38,40-41H,8,11-12,14H2,1-7H3. The Labute approximate surface area is 278 Å². The van der Waals surface area contributed by atoms with Crippen molar-refractivity contribution in [2.45, 2.75) is 122 Å². The number of fused-ring (bicyclic) bond motifs is 1. The first-order chi connectivity index (χ1) is 22.5. The second-order valence-electron chi connectivity index (χ2n) is 15.7. The van der Waals surface area contributed by atoms with E-state index >= 15 is 4.79 Å². The number of esters is 3. The lowest BCUT2D eigenvalue weighted by Crippen LogP contribution is -2.84. The third-order valence-corrected chi connectivity index (χ3v) is 13.9. The van der Waals surface area contributed by atoms with Gasteiger partial charge in [0.05, 0.1) is 42.7 Å². The molecule has 2 aliphatic heterocycles. The van der Waals surface area contributed by atoms with E-state index in [1.54, 1.807) is 33.1 Å². The van der Waals surface area contributed by atoms with Gasteiger partial charge < -0.3 is 43.4 Å². The minimum Gasteiger partial charge on any atom is -0.472 e. The predicted molar refractivity (Wildman–Crippen MR) is 161 cm³/mol. The molecule has 0 aromatic carbocycles. The van der Waals surface area contributed by atoms with E-state index < -0.39 is 112 Å². The first-order valence-corrected chi connectivity index (χ1v) is 16.9. The molecule has 2 bridgehead atoms. The topological polar surface area (TPSA) is 192 Å². The van der Waals surface area contributed by atoms with Crippen LogP contribution in [0.5, 0.6) is 0 Å². The molecule has 0 radical (unpaired) electrons. The number of carbonyl (C=O) groups excluding carboxylic acids is 4. The zero-order valence-corrected chi connectivity index (χ0v) is 28.3. The molecule has 264 valence electrons. The molecule has 16 atom stereocenters. The lowest BCUT2D eigenvalue weighted by atomic mass is 9.33. The number of rotatable bonds is 6. The molecule has 48 heavy (non-hydrogen) atoms. The molecule has 1 aromatic heterocycles. The van der Waals surface area contributed by atoms with E-state index in [0.717, 1.165) is 12.5 Å². The Morgan fingerprint density at radius 3 is 2.31 bits per heavy atom. The van der Waals surface area contributed by atoms with Gasteiger partial charge in [0.1, 0.15) is 17.8 Å². The lowest BCUT2D eigenvalue weighted by molar-refractivity contribution is -0.391. The molecular weight excluding hydrogens is 628 g/mol. The van der Waals surface area contributed by atoms with E-state index in [0.29, 0.717) is 12.8 Å². The van der Waals surface area contributed by atoms with Crippen molar-refractivity contribution in [1.29, 1.82) is 0 Å². The molecule has 13 heteroatoms. The van der Waals surface area contributed by atoms with Crippen LogP contribution in [0.3, 0.4) is 0 Å². The van der Waals surface area contributed by atoms with Gasteiger partial charge in [-0.3, -0.25) is 19.2 Å². The number of ether oxygens (including phenoxy) is 5. The molecule has 2 saturated heterocycles. The van der Waals surface area contributed by atoms with E-state index in [4.69, 9.17) is 28.1 Å². The second-order valence-corrected chi connectivity index (χ2v) is 15.7. The van der Waals surface area contributed by atoms with Gasteiger partial charge in [0.15, 0.2) is 18.0 Å². The maximum Gasteiger partial charge on any atom is 0.310 e. The molecule has 16 unspecified atom stereocenters. The van der Waals surface area contributed by atoms with Crippen molar-refractivity contribution in [3.8, 4) is 0 Å². The fourth-order valence-corrected chi connectivity index (χ4v) is 11.6. The lowest BCUT2D eigenvalue weighted by Gasteiger charge is -2.73. The summed E-state index contributed by atoms with van der Waals surface area (Å²) in [4.78, 5) is 53.5. The normalized spacial score (nSPS) is 50.6. The van der Waals surface area contributed by atoms with Gasteiger partial charge in [-0.15, -0.1) is 0 Å². The van der Waals surface area contributed by atoms with Gasteiger partial charge in [-0.25, -0.2) is 0 Å². The molecule has 13 nitrogen and oxygen atoms in total. The predicted octanol–water partition coefficient (Wildman–Crippen LogP) is 2.03. The number of aliphatic hydroxyl groups excluding tert-OH is 3. The number of hydrogen-bond donors (Lipinski definition) is 3. The summed E-state index contributed by atoms with van der Waals surface area (Å²) >= 11 is 0. The monoisotopic (exact) mass is 674 g/mol. The number of furan rings is 1. The molecular formula is C35H46O13. The van der Waals surface area contributed by atoms with Gasteiger partial charge in [0.2, 0.25) is 6.29 Å². The zero-order chi connectivity index (χ0) is 34.9. The largest absolute Gasteiger partial charge is 0.472 e. The van der Waals surface area contributed by atoms with Crippen molar-refractivity contribution in [3.63, 3.8) is 0 Å². The summed E-state index contributed by atoms with van der Waals surface area (Å²) < 4.78 is 35.9. The van der Waals surface area contributed by atoms with E-state index in [2.05, 4.69) is 0 Å². The highest BCUT2D eigenvalue weighted by Crippen LogP contribution is 2.82. The van der Waals surface area contributed by atoms with Crippen molar-refractivity contribution >= 4 is 23.7 Å². The van der Waals surface area contributed by atoms with Gasteiger partial charge >= 0.3 is 17.9 Å². The van der Waals surface area contributed by atoms with Crippen LogP contribution in [0.15, 0.2) is 23.0 Å². The third-order valence-electron chi connectivity index (χ3n) is 13.9. The van der Waals surface area contributed by atoms with Crippen molar-refractivity contribution in [3.05, 3.63) is 24.2 Å². The number of aliphatic hydroxyl groups is 3.